The molecule has 1 aromatic heterocycles. The second-order valence-electron chi connectivity index (χ2n) is 7.61. The van der Waals surface area contributed by atoms with E-state index in [2.05, 4.69) is 20.9 Å². The Hall–Kier alpha value is -2.04. The number of allylic oxidation sites excluding steroid dienone is 1. The zero-order valence-electron chi connectivity index (χ0n) is 17.6. The van der Waals surface area contributed by atoms with Crippen LogP contribution in [0.1, 0.15) is 24.1 Å². The Morgan fingerprint density at radius 2 is 2.12 bits per heavy atom. The molecule has 1 aromatic carbocycles. The van der Waals surface area contributed by atoms with E-state index in [0.717, 1.165) is 10.0 Å². The Kier molecular flexibility index (Phi) is 8.24. The van der Waals surface area contributed by atoms with Crippen molar-refractivity contribution in [1.82, 2.24) is 4.98 Å². The number of nitrogens with zero attached hydrogens (tertiary/aromatic N) is 1. The van der Waals surface area contributed by atoms with Crippen LogP contribution in [-0.4, -0.2) is 66.2 Å². The van der Waals surface area contributed by atoms with Crippen molar-refractivity contribution in [2.75, 3.05) is 26.1 Å². The monoisotopic (exact) mass is 523 g/mol. The summed E-state index contributed by atoms with van der Waals surface area (Å²) in [6.07, 6.45) is 2.97. The molecule has 3 rings (SSSR count). The molecule has 1 aliphatic rings. The van der Waals surface area contributed by atoms with Gasteiger partial charge in [-0.05, 0) is 66.0 Å². The number of aromatic hydroxyl groups is 1. The SMILES string of the molecule is COCC1=C([C@H](O)CC/C(=C/c2cc(Br)ccc2O)c2ccccn2)[C@H](CO)S(=O)(=O)C1. The van der Waals surface area contributed by atoms with Crippen LogP contribution in [0.4, 0.5) is 0 Å². The average molecular weight is 524 g/mol. The molecule has 0 saturated carbocycles. The number of phenols is 1. The minimum atomic E-state index is -3.58. The lowest BCUT2D eigenvalue weighted by Crippen LogP contribution is -2.29. The summed E-state index contributed by atoms with van der Waals surface area (Å²) in [6, 6.07) is 10.6. The van der Waals surface area contributed by atoms with E-state index in [1.54, 1.807) is 36.5 Å². The molecule has 0 fully saturated rings. The predicted molar refractivity (Wildman–Crippen MR) is 127 cm³/mol. The van der Waals surface area contributed by atoms with Gasteiger partial charge >= 0.3 is 0 Å². The van der Waals surface area contributed by atoms with Crippen molar-refractivity contribution in [2.45, 2.75) is 24.2 Å². The van der Waals surface area contributed by atoms with Crippen molar-refractivity contribution in [3.05, 3.63) is 69.5 Å². The molecule has 2 aromatic rings. The molecule has 2 atom stereocenters. The van der Waals surface area contributed by atoms with Crippen LogP contribution >= 0.6 is 15.9 Å². The van der Waals surface area contributed by atoms with Crippen LogP contribution in [0.5, 0.6) is 5.75 Å². The normalized spacial score (nSPS) is 19.4. The zero-order valence-corrected chi connectivity index (χ0v) is 20.0. The first-order valence-electron chi connectivity index (χ1n) is 10.1. The fourth-order valence-electron chi connectivity index (χ4n) is 3.91. The van der Waals surface area contributed by atoms with Gasteiger partial charge in [-0.15, -0.1) is 0 Å². The van der Waals surface area contributed by atoms with Crippen LogP contribution in [0, 0.1) is 0 Å². The number of aliphatic hydroxyl groups excluding tert-OH is 2. The molecule has 0 spiro atoms. The number of aliphatic hydroxyl groups is 2. The molecule has 1 aliphatic heterocycles. The third-order valence-corrected chi connectivity index (χ3v) is 7.92. The minimum Gasteiger partial charge on any atom is -0.507 e. The lowest BCUT2D eigenvalue weighted by atomic mass is 9.94. The smallest absolute Gasteiger partial charge is 0.163 e. The lowest BCUT2D eigenvalue weighted by Gasteiger charge is -2.19. The Balaban J connectivity index is 1.91. The second-order valence-corrected chi connectivity index (χ2v) is 10.7. The third-order valence-electron chi connectivity index (χ3n) is 5.41. The summed E-state index contributed by atoms with van der Waals surface area (Å²) in [5.74, 6) is -0.123. The van der Waals surface area contributed by atoms with Crippen LogP contribution in [0.2, 0.25) is 0 Å². The van der Waals surface area contributed by atoms with Crippen LogP contribution in [0.25, 0.3) is 11.6 Å². The van der Waals surface area contributed by atoms with Crippen molar-refractivity contribution >= 4 is 37.4 Å². The highest BCUT2D eigenvalue weighted by atomic mass is 79.9. The Labute approximate surface area is 196 Å². The quantitative estimate of drug-likeness (QED) is 0.432. The fraction of sp³-hybridized carbons (Fsp3) is 0.348. The standard InChI is InChI=1S/C23H26BrNO6S/c1-31-13-17-14-32(29,30)22(12-26)23(17)21(28)7-5-15(19-4-2-3-9-25-19)10-16-11-18(24)6-8-20(16)27/h2-4,6,8-11,21-22,26-28H,5,7,12-14H2,1H3/b15-10-/t21-,22+/m1/s1. The van der Waals surface area contributed by atoms with E-state index in [-0.39, 0.29) is 24.5 Å². The number of sulfone groups is 1. The molecule has 7 nitrogen and oxygen atoms in total. The maximum atomic E-state index is 12.4. The number of aromatic nitrogens is 1. The molecule has 0 amide bonds. The van der Waals surface area contributed by atoms with Gasteiger partial charge in [0.25, 0.3) is 0 Å². The van der Waals surface area contributed by atoms with E-state index in [0.29, 0.717) is 28.8 Å². The number of halogens is 1. The van der Waals surface area contributed by atoms with Gasteiger partial charge in [0, 0.05) is 23.3 Å². The Bertz CT molecular complexity index is 1110. The maximum Gasteiger partial charge on any atom is 0.163 e. The summed E-state index contributed by atoms with van der Waals surface area (Å²) < 4.78 is 30.8. The lowest BCUT2D eigenvalue weighted by molar-refractivity contribution is 0.184. The minimum absolute atomic E-state index is 0.0803. The van der Waals surface area contributed by atoms with Gasteiger partial charge in [0.1, 0.15) is 11.0 Å². The number of methoxy groups -OCH3 is 1. The molecule has 3 N–H and O–H groups in total. The summed E-state index contributed by atoms with van der Waals surface area (Å²) in [4.78, 5) is 4.39. The number of hydrogen-bond donors (Lipinski definition) is 3. The Morgan fingerprint density at radius 1 is 1.34 bits per heavy atom. The molecule has 32 heavy (non-hydrogen) atoms. The largest absolute Gasteiger partial charge is 0.507 e. The van der Waals surface area contributed by atoms with Gasteiger partial charge in [0.15, 0.2) is 9.84 Å². The van der Waals surface area contributed by atoms with E-state index in [4.69, 9.17) is 4.74 Å². The number of rotatable bonds is 9. The van der Waals surface area contributed by atoms with Crippen LogP contribution in [0.3, 0.4) is 0 Å². The maximum absolute atomic E-state index is 12.4. The van der Waals surface area contributed by atoms with Gasteiger partial charge in [0.05, 0.1) is 30.8 Å². The summed E-state index contributed by atoms with van der Waals surface area (Å²) in [5.41, 5.74) is 2.86. The Morgan fingerprint density at radius 3 is 2.78 bits per heavy atom. The third kappa shape index (κ3) is 5.65. The molecule has 0 aliphatic carbocycles. The summed E-state index contributed by atoms with van der Waals surface area (Å²) in [7, 11) is -2.12. The van der Waals surface area contributed by atoms with E-state index in [9.17, 15) is 23.7 Å². The number of phenolic OH excluding ortho intramolecular Hbond substituents is 1. The topological polar surface area (TPSA) is 117 Å². The molecule has 9 heteroatoms. The van der Waals surface area contributed by atoms with Crippen molar-refractivity contribution in [3.8, 4) is 5.75 Å². The van der Waals surface area contributed by atoms with Crippen molar-refractivity contribution in [2.24, 2.45) is 0 Å². The summed E-state index contributed by atoms with van der Waals surface area (Å²) in [6.45, 7) is -0.506. The number of pyridine rings is 1. The summed E-state index contributed by atoms with van der Waals surface area (Å²) >= 11 is 3.40. The highest BCUT2D eigenvalue weighted by molar-refractivity contribution is 9.10. The summed E-state index contributed by atoms with van der Waals surface area (Å²) in [5, 5.41) is 29.8. The number of ether oxygens (including phenoxy) is 1. The molecule has 0 bridgehead atoms. The van der Waals surface area contributed by atoms with Crippen molar-refractivity contribution in [3.63, 3.8) is 0 Å². The highest BCUT2D eigenvalue weighted by Gasteiger charge is 2.41. The number of hydrogen-bond acceptors (Lipinski definition) is 7. The van der Waals surface area contributed by atoms with Crippen LogP contribution in [-0.2, 0) is 14.6 Å². The van der Waals surface area contributed by atoms with Gasteiger partial charge in [0.2, 0.25) is 0 Å². The first-order valence-corrected chi connectivity index (χ1v) is 12.6. The molecule has 0 saturated heterocycles. The van der Waals surface area contributed by atoms with Gasteiger partial charge in [-0.1, -0.05) is 22.0 Å². The predicted octanol–water partition coefficient (Wildman–Crippen LogP) is 2.96. The van der Waals surface area contributed by atoms with E-state index in [1.165, 1.54) is 7.11 Å². The van der Waals surface area contributed by atoms with Crippen LogP contribution in [0.15, 0.2) is 58.2 Å². The molecule has 0 unspecified atom stereocenters. The zero-order chi connectivity index (χ0) is 23.3. The van der Waals surface area contributed by atoms with Gasteiger partial charge in [-0.25, -0.2) is 8.42 Å². The second kappa shape index (κ2) is 10.7. The van der Waals surface area contributed by atoms with E-state index < -0.39 is 27.8 Å². The van der Waals surface area contributed by atoms with Crippen molar-refractivity contribution < 1.29 is 28.5 Å². The first kappa shape index (κ1) is 24.6. The van der Waals surface area contributed by atoms with Gasteiger partial charge in [-0.3, -0.25) is 4.98 Å². The molecular weight excluding hydrogens is 498 g/mol. The molecule has 172 valence electrons. The number of benzene rings is 1. The average Bonchev–Trinajstić information content (AvgIpc) is 3.03. The van der Waals surface area contributed by atoms with Gasteiger partial charge < -0.3 is 20.1 Å². The van der Waals surface area contributed by atoms with E-state index >= 15 is 0 Å². The molecule has 2 heterocycles. The van der Waals surface area contributed by atoms with E-state index in [1.807, 2.05) is 12.1 Å². The van der Waals surface area contributed by atoms with Gasteiger partial charge in [-0.2, -0.15) is 0 Å². The first-order chi connectivity index (χ1) is 15.3. The van der Waals surface area contributed by atoms with Crippen molar-refractivity contribution in [1.29, 1.82) is 0 Å². The fourth-order valence-corrected chi connectivity index (χ4v) is 6.17. The van der Waals surface area contributed by atoms with Crippen LogP contribution < -0.4 is 0 Å². The molecular formula is C23H26BrNO6S. The highest BCUT2D eigenvalue weighted by Crippen LogP contribution is 2.34. The molecule has 0 radical (unpaired) electrons.